The Balaban J connectivity index is 1.99. The predicted molar refractivity (Wildman–Crippen MR) is 101 cm³/mol. The van der Waals surface area contributed by atoms with Crippen molar-refractivity contribution in [2.45, 2.75) is 6.92 Å². The topological polar surface area (TPSA) is 64.6 Å². The molecule has 0 aromatic heterocycles. The molecule has 0 heterocycles. The molecule has 0 radical (unpaired) electrons. The summed E-state index contributed by atoms with van der Waals surface area (Å²) in [6.07, 6.45) is 0. The van der Waals surface area contributed by atoms with Crippen molar-refractivity contribution < 1.29 is 19.1 Å². The summed E-state index contributed by atoms with van der Waals surface area (Å²) in [4.78, 5) is 24.1. The summed E-state index contributed by atoms with van der Waals surface area (Å²) in [5.74, 6) is -0.768. The molecule has 0 saturated carbocycles. The number of hydrogen-bond acceptors (Lipinski definition) is 4. The minimum absolute atomic E-state index is 0.170. The van der Waals surface area contributed by atoms with Crippen LogP contribution >= 0.6 is 34.2 Å². The molecule has 24 heavy (non-hydrogen) atoms. The third-order valence-electron chi connectivity index (χ3n) is 3.18. The van der Waals surface area contributed by atoms with Gasteiger partial charge in [-0.3, -0.25) is 4.79 Å². The van der Waals surface area contributed by atoms with E-state index in [1.54, 1.807) is 18.2 Å². The lowest BCUT2D eigenvalue weighted by Crippen LogP contribution is -2.21. The molecular weight excluding hydrogens is 445 g/mol. The van der Waals surface area contributed by atoms with E-state index in [2.05, 4.69) is 27.9 Å². The monoisotopic (exact) mass is 459 g/mol. The number of halogens is 2. The van der Waals surface area contributed by atoms with E-state index in [1.165, 1.54) is 13.2 Å². The Morgan fingerprint density at radius 3 is 2.62 bits per heavy atom. The van der Waals surface area contributed by atoms with Crippen molar-refractivity contribution in [3.05, 3.63) is 56.1 Å². The molecular formula is C17H15ClINO4. The Bertz CT molecular complexity index is 779. The van der Waals surface area contributed by atoms with Crippen LogP contribution in [0.25, 0.3) is 0 Å². The zero-order valence-electron chi connectivity index (χ0n) is 13.1. The van der Waals surface area contributed by atoms with Gasteiger partial charge < -0.3 is 14.8 Å². The van der Waals surface area contributed by atoms with Crippen LogP contribution in [0.5, 0.6) is 5.75 Å². The van der Waals surface area contributed by atoms with Crippen LogP contribution in [-0.2, 0) is 9.53 Å². The Labute approximate surface area is 158 Å². The van der Waals surface area contributed by atoms with Crippen molar-refractivity contribution in [2.24, 2.45) is 0 Å². The largest absolute Gasteiger partial charge is 0.496 e. The number of carbonyl (C=O) groups excluding carboxylic acids is 2. The van der Waals surface area contributed by atoms with Gasteiger partial charge >= 0.3 is 5.97 Å². The van der Waals surface area contributed by atoms with E-state index >= 15 is 0 Å². The van der Waals surface area contributed by atoms with Crippen LogP contribution < -0.4 is 10.1 Å². The van der Waals surface area contributed by atoms with E-state index < -0.39 is 18.5 Å². The van der Waals surface area contributed by atoms with Gasteiger partial charge in [-0.2, -0.15) is 0 Å². The summed E-state index contributed by atoms with van der Waals surface area (Å²) in [5.41, 5.74) is 1.78. The van der Waals surface area contributed by atoms with Gasteiger partial charge in [0, 0.05) is 14.3 Å². The summed E-state index contributed by atoms with van der Waals surface area (Å²) >= 11 is 8.07. The molecule has 5 nitrogen and oxygen atoms in total. The zero-order chi connectivity index (χ0) is 17.7. The maximum atomic E-state index is 12.1. The van der Waals surface area contributed by atoms with Crippen LogP contribution in [0.15, 0.2) is 36.4 Å². The maximum Gasteiger partial charge on any atom is 0.342 e. The number of esters is 1. The van der Waals surface area contributed by atoms with Gasteiger partial charge in [0.25, 0.3) is 5.91 Å². The summed E-state index contributed by atoms with van der Waals surface area (Å²) in [7, 11) is 1.44. The van der Waals surface area contributed by atoms with Crippen molar-refractivity contribution in [1.82, 2.24) is 0 Å². The summed E-state index contributed by atoms with van der Waals surface area (Å²) in [6.45, 7) is 1.49. The second-order valence-corrected chi connectivity index (χ2v) is 6.61. The molecule has 0 unspecified atom stereocenters. The lowest BCUT2D eigenvalue weighted by molar-refractivity contribution is -0.119. The molecule has 0 fully saturated rings. The van der Waals surface area contributed by atoms with Crippen molar-refractivity contribution in [3.8, 4) is 5.75 Å². The molecule has 126 valence electrons. The molecule has 7 heteroatoms. The van der Waals surface area contributed by atoms with Crippen LogP contribution in [0.3, 0.4) is 0 Å². The van der Waals surface area contributed by atoms with E-state index in [1.807, 2.05) is 19.1 Å². The van der Waals surface area contributed by atoms with Gasteiger partial charge in [-0.25, -0.2) is 4.79 Å². The Hall–Kier alpha value is -1.80. The van der Waals surface area contributed by atoms with E-state index in [0.29, 0.717) is 16.5 Å². The second kappa shape index (κ2) is 8.34. The quantitative estimate of drug-likeness (QED) is 0.541. The first-order valence-corrected chi connectivity index (χ1v) is 8.43. The first-order chi connectivity index (χ1) is 11.4. The Morgan fingerprint density at radius 2 is 1.96 bits per heavy atom. The minimum atomic E-state index is -0.677. The fourth-order valence-corrected chi connectivity index (χ4v) is 2.82. The van der Waals surface area contributed by atoms with Crippen LogP contribution in [-0.4, -0.2) is 25.6 Å². The molecule has 2 aromatic rings. The molecule has 0 saturated heterocycles. The van der Waals surface area contributed by atoms with Gasteiger partial charge in [-0.1, -0.05) is 11.6 Å². The zero-order valence-corrected chi connectivity index (χ0v) is 16.0. The van der Waals surface area contributed by atoms with Crippen LogP contribution in [0.4, 0.5) is 5.69 Å². The highest BCUT2D eigenvalue weighted by Gasteiger charge is 2.16. The molecule has 0 aliphatic heterocycles. The van der Waals surface area contributed by atoms with E-state index in [0.717, 1.165) is 9.13 Å². The number of rotatable bonds is 5. The average Bonchev–Trinajstić information content (AvgIpc) is 2.55. The Morgan fingerprint density at radius 1 is 1.21 bits per heavy atom. The number of aryl methyl sites for hydroxylation is 1. The maximum absolute atomic E-state index is 12.1. The van der Waals surface area contributed by atoms with Crippen molar-refractivity contribution in [3.63, 3.8) is 0 Å². The van der Waals surface area contributed by atoms with Gasteiger partial charge in [-0.05, 0) is 71.5 Å². The fourth-order valence-electron chi connectivity index (χ4n) is 2.00. The summed E-state index contributed by atoms with van der Waals surface area (Å²) in [6, 6.07) is 10.2. The number of hydrogen-bond donors (Lipinski definition) is 1. The molecule has 0 bridgehead atoms. The predicted octanol–water partition coefficient (Wildman–Crippen LogP) is 4.06. The highest BCUT2D eigenvalue weighted by atomic mass is 127. The SMILES string of the molecule is COc1ccc(Cl)cc1C(=O)OCC(=O)Nc1ccc(I)cc1C. The Kier molecular flexibility index (Phi) is 6.44. The molecule has 0 aliphatic rings. The average molecular weight is 460 g/mol. The van der Waals surface area contributed by atoms with Gasteiger partial charge in [0.1, 0.15) is 11.3 Å². The number of benzene rings is 2. The highest BCUT2D eigenvalue weighted by molar-refractivity contribution is 14.1. The van der Waals surface area contributed by atoms with E-state index in [9.17, 15) is 9.59 Å². The van der Waals surface area contributed by atoms with Crippen LogP contribution in [0, 0.1) is 10.5 Å². The lowest BCUT2D eigenvalue weighted by Gasteiger charge is -2.11. The van der Waals surface area contributed by atoms with Gasteiger partial charge in [0.15, 0.2) is 6.61 Å². The highest BCUT2D eigenvalue weighted by Crippen LogP contribution is 2.23. The van der Waals surface area contributed by atoms with Crippen LogP contribution in [0.2, 0.25) is 5.02 Å². The molecule has 1 amide bonds. The van der Waals surface area contributed by atoms with Gasteiger partial charge in [0.05, 0.1) is 7.11 Å². The molecule has 0 atom stereocenters. The molecule has 1 N–H and O–H groups in total. The second-order valence-electron chi connectivity index (χ2n) is 4.93. The van der Waals surface area contributed by atoms with Crippen molar-refractivity contribution in [1.29, 1.82) is 0 Å². The molecule has 0 aliphatic carbocycles. The number of carbonyl (C=O) groups is 2. The first kappa shape index (κ1) is 18.5. The van der Waals surface area contributed by atoms with Crippen molar-refractivity contribution in [2.75, 3.05) is 19.0 Å². The fraction of sp³-hybridized carbons (Fsp3) is 0.176. The van der Waals surface area contributed by atoms with Gasteiger partial charge in [-0.15, -0.1) is 0 Å². The number of anilines is 1. The number of methoxy groups -OCH3 is 1. The standard InChI is InChI=1S/C17H15ClINO4/c1-10-7-12(19)4-5-14(10)20-16(21)9-24-17(22)13-8-11(18)3-6-15(13)23-2/h3-8H,9H2,1-2H3,(H,20,21). The molecule has 2 aromatic carbocycles. The van der Waals surface area contributed by atoms with E-state index in [4.69, 9.17) is 21.1 Å². The van der Waals surface area contributed by atoms with E-state index in [-0.39, 0.29) is 5.56 Å². The summed E-state index contributed by atoms with van der Waals surface area (Å²) in [5, 5.41) is 3.08. The lowest BCUT2D eigenvalue weighted by atomic mass is 10.2. The first-order valence-electron chi connectivity index (χ1n) is 6.97. The number of nitrogens with one attached hydrogen (secondary N) is 1. The van der Waals surface area contributed by atoms with Gasteiger partial charge in [0.2, 0.25) is 0 Å². The normalized spacial score (nSPS) is 10.2. The van der Waals surface area contributed by atoms with Crippen LogP contribution in [0.1, 0.15) is 15.9 Å². The number of amides is 1. The third-order valence-corrected chi connectivity index (χ3v) is 4.08. The molecule has 2 rings (SSSR count). The number of ether oxygens (including phenoxy) is 2. The molecule has 0 spiro atoms. The third kappa shape index (κ3) is 4.85. The van der Waals surface area contributed by atoms with Crippen molar-refractivity contribution >= 4 is 51.8 Å². The summed E-state index contributed by atoms with van der Waals surface area (Å²) < 4.78 is 11.2. The smallest absolute Gasteiger partial charge is 0.342 e. The minimum Gasteiger partial charge on any atom is -0.496 e.